The summed E-state index contributed by atoms with van der Waals surface area (Å²) in [6.07, 6.45) is 2.91. The first-order valence-electron chi connectivity index (χ1n) is 8.16. The van der Waals surface area contributed by atoms with E-state index in [1.54, 1.807) is 13.2 Å². The predicted molar refractivity (Wildman–Crippen MR) is 85.9 cm³/mol. The molecule has 1 aromatic carbocycles. The summed E-state index contributed by atoms with van der Waals surface area (Å²) in [7, 11) is 1.55. The molecule has 3 atom stereocenters. The number of para-hydroxylation sites is 1. The van der Waals surface area contributed by atoms with Crippen LogP contribution >= 0.6 is 0 Å². The van der Waals surface area contributed by atoms with Crippen LogP contribution in [0.5, 0.6) is 5.75 Å². The number of rotatable bonds is 3. The zero-order valence-electron chi connectivity index (χ0n) is 13.4. The standard InChI is InChI=1S/C17H19N3O4/c1-24-12-7-3-6-11-13(12)19-15(18-11)16(21)20-8-9-4-2-5-10(9)14(20)17(22)23/h3,6-7,9-10,14H,2,4-5,8H2,1H3,(H,18,19)(H,22,23)/t9-,10-,14-/m0/s1. The van der Waals surface area contributed by atoms with Crippen molar-refractivity contribution in [1.29, 1.82) is 0 Å². The fourth-order valence-corrected chi connectivity index (χ4v) is 4.24. The number of aromatic nitrogens is 2. The molecular formula is C17H19N3O4. The monoisotopic (exact) mass is 329 g/mol. The van der Waals surface area contributed by atoms with Gasteiger partial charge in [-0.3, -0.25) is 4.79 Å². The molecule has 1 aliphatic carbocycles. The topological polar surface area (TPSA) is 95.5 Å². The van der Waals surface area contributed by atoms with E-state index in [0.29, 0.717) is 23.3 Å². The molecule has 1 amide bonds. The Labute approximate surface area is 138 Å². The Morgan fingerprint density at radius 2 is 2.21 bits per heavy atom. The lowest BCUT2D eigenvalue weighted by atomic mass is 9.94. The number of methoxy groups -OCH3 is 1. The number of likely N-dealkylation sites (tertiary alicyclic amines) is 1. The first kappa shape index (κ1) is 15.0. The molecule has 4 rings (SSSR count). The molecular weight excluding hydrogens is 310 g/mol. The quantitative estimate of drug-likeness (QED) is 0.896. The van der Waals surface area contributed by atoms with Crippen LogP contribution in [0.15, 0.2) is 18.2 Å². The van der Waals surface area contributed by atoms with Crippen molar-refractivity contribution in [3.8, 4) is 5.75 Å². The van der Waals surface area contributed by atoms with Crippen LogP contribution in [-0.4, -0.2) is 51.5 Å². The minimum Gasteiger partial charge on any atom is -0.494 e. The van der Waals surface area contributed by atoms with Crippen LogP contribution in [0.1, 0.15) is 29.9 Å². The number of benzene rings is 1. The summed E-state index contributed by atoms with van der Waals surface area (Å²) in [5.41, 5.74) is 1.28. The number of H-pyrrole nitrogens is 1. The maximum atomic E-state index is 12.9. The van der Waals surface area contributed by atoms with E-state index >= 15 is 0 Å². The normalized spacial score (nSPS) is 25.9. The smallest absolute Gasteiger partial charge is 0.326 e. The Balaban J connectivity index is 1.69. The van der Waals surface area contributed by atoms with Crippen LogP contribution < -0.4 is 4.74 Å². The average molecular weight is 329 g/mol. The molecule has 0 bridgehead atoms. The zero-order valence-corrected chi connectivity index (χ0v) is 13.4. The van der Waals surface area contributed by atoms with E-state index < -0.39 is 12.0 Å². The predicted octanol–water partition coefficient (Wildman–Crippen LogP) is 1.90. The molecule has 24 heavy (non-hydrogen) atoms. The van der Waals surface area contributed by atoms with Crippen molar-refractivity contribution in [2.45, 2.75) is 25.3 Å². The number of amides is 1. The van der Waals surface area contributed by atoms with Gasteiger partial charge in [0.25, 0.3) is 5.91 Å². The number of carboxylic acid groups (broad SMARTS) is 1. The molecule has 2 aliphatic rings. The van der Waals surface area contributed by atoms with Gasteiger partial charge in [-0.1, -0.05) is 12.5 Å². The number of ether oxygens (including phenoxy) is 1. The number of imidazole rings is 1. The minimum atomic E-state index is -0.925. The van der Waals surface area contributed by atoms with E-state index in [-0.39, 0.29) is 23.6 Å². The Bertz CT molecular complexity index is 815. The third-order valence-corrected chi connectivity index (χ3v) is 5.30. The van der Waals surface area contributed by atoms with Crippen molar-refractivity contribution in [2.75, 3.05) is 13.7 Å². The fourth-order valence-electron chi connectivity index (χ4n) is 4.24. The third kappa shape index (κ3) is 2.15. The van der Waals surface area contributed by atoms with E-state index in [1.165, 1.54) is 4.90 Å². The number of carbonyl (C=O) groups excluding carboxylic acids is 1. The molecule has 2 aromatic rings. The van der Waals surface area contributed by atoms with Crippen molar-refractivity contribution in [2.24, 2.45) is 11.8 Å². The lowest BCUT2D eigenvalue weighted by molar-refractivity contribution is -0.142. The number of hydrogen-bond donors (Lipinski definition) is 2. The molecule has 2 heterocycles. The Morgan fingerprint density at radius 3 is 2.96 bits per heavy atom. The molecule has 2 N–H and O–H groups in total. The molecule has 1 aromatic heterocycles. The number of carbonyl (C=O) groups is 2. The fraction of sp³-hybridized carbons (Fsp3) is 0.471. The zero-order chi connectivity index (χ0) is 16.8. The van der Waals surface area contributed by atoms with E-state index in [0.717, 1.165) is 19.3 Å². The van der Waals surface area contributed by atoms with Crippen LogP contribution in [0, 0.1) is 11.8 Å². The van der Waals surface area contributed by atoms with Gasteiger partial charge in [0.05, 0.1) is 12.6 Å². The van der Waals surface area contributed by atoms with Crippen molar-refractivity contribution in [3.63, 3.8) is 0 Å². The molecule has 0 unspecified atom stereocenters. The number of nitrogens with one attached hydrogen (secondary N) is 1. The third-order valence-electron chi connectivity index (χ3n) is 5.30. The van der Waals surface area contributed by atoms with Gasteiger partial charge in [0.15, 0.2) is 5.82 Å². The van der Waals surface area contributed by atoms with Crippen LogP contribution in [-0.2, 0) is 4.79 Å². The lowest BCUT2D eigenvalue weighted by Gasteiger charge is -2.23. The second kappa shape index (κ2) is 5.51. The van der Waals surface area contributed by atoms with Crippen LogP contribution in [0.2, 0.25) is 0 Å². The van der Waals surface area contributed by atoms with Gasteiger partial charge in [-0.2, -0.15) is 0 Å². The van der Waals surface area contributed by atoms with E-state index in [4.69, 9.17) is 4.74 Å². The molecule has 1 aliphatic heterocycles. The average Bonchev–Trinajstić information content (AvgIpc) is 3.25. The minimum absolute atomic E-state index is 0.0605. The Hall–Kier alpha value is -2.57. The highest BCUT2D eigenvalue weighted by Gasteiger charge is 2.50. The lowest BCUT2D eigenvalue weighted by Crippen LogP contribution is -2.43. The molecule has 1 saturated heterocycles. The molecule has 7 heteroatoms. The number of fused-ring (bicyclic) bond motifs is 2. The molecule has 1 saturated carbocycles. The molecule has 126 valence electrons. The summed E-state index contributed by atoms with van der Waals surface area (Å²) >= 11 is 0. The van der Waals surface area contributed by atoms with E-state index in [9.17, 15) is 14.7 Å². The number of hydrogen-bond acceptors (Lipinski definition) is 4. The maximum absolute atomic E-state index is 12.9. The van der Waals surface area contributed by atoms with Gasteiger partial charge in [0.2, 0.25) is 0 Å². The highest BCUT2D eigenvalue weighted by molar-refractivity contribution is 5.97. The second-order valence-electron chi connectivity index (χ2n) is 6.54. The van der Waals surface area contributed by atoms with Gasteiger partial charge in [-0.05, 0) is 36.8 Å². The highest BCUT2D eigenvalue weighted by atomic mass is 16.5. The molecule has 0 spiro atoms. The molecule has 0 radical (unpaired) electrons. The molecule has 7 nitrogen and oxygen atoms in total. The van der Waals surface area contributed by atoms with Gasteiger partial charge in [0, 0.05) is 6.54 Å². The van der Waals surface area contributed by atoms with Crippen LogP contribution in [0.4, 0.5) is 0 Å². The van der Waals surface area contributed by atoms with Crippen molar-refractivity contribution < 1.29 is 19.4 Å². The van der Waals surface area contributed by atoms with Gasteiger partial charge in [-0.25, -0.2) is 9.78 Å². The van der Waals surface area contributed by atoms with E-state index in [2.05, 4.69) is 9.97 Å². The number of nitrogens with zero attached hydrogens (tertiary/aromatic N) is 2. The summed E-state index contributed by atoms with van der Waals surface area (Å²) in [4.78, 5) is 33.4. The number of carboxylic acids is 1. The summed E-state index contributed by atoms with van der Waals surface area (Å²) in [5, 5.41) is 9.60. The summed E-state index contributed by atoms with van der Waals surface area (Å²) < 4.78 is 5.26. The van der Waals surface area contributed by atoms with Crippen molar-refractivity contribution in [3.05, 3.63) is 24.0 Å². The van der Waals surface area contributed by atoms with Gasteiger partial charge >= 0.3 is 5.97 Å². The largest absolute Gasteiger partial charge is 0.494 e. The number of aliphatic carboxylic acids is 1. The molecule has 2 fully saturated rings. The summed E-state index contributed by atoms with van der Waals surface area (Å²) in [6.45, 7) is 0.495. The van der Waals surface area contributed by atoms with Gasteiger partial charge < -0.3 is 19.7 Å². The van der Waals surface area contributed by atoms with E-state index in [1.807, 2.05) is 12.1 Å². The van der Waals surface area contributed by atoms with Crippen molar-refractivity contribution >= 4 is 22.9 Å². The Kier molecular flexibility index (Phi) is 3.44. The summed E-state index contributed by atoms with van der Waals surface area (Å²) in [5.74, 6) is -0.183. The first-order valence-corrected chi connectivity index (χ1v) is 8.16. The SMILES string of the molecule is COc1cccc2[nH]c(C(=O)N3C[C@@H]4CCC[C@@H]4[C@H]3C(=O)O)nc12. The number of aromatic amines is 1. The maximum Gasteiger partial charge on any atom is 0.326 e. The second-order valence-corrected chi connectivity index (χ2v) is 6.54. The first-order chi connectivity index (χ1) is 11.6. The van der Waals surface area contributed by atoms with Crippen molar-refractivity contribution in [1.82, 2.24) is 14.9 Å². The van der Waals surface area contributed by atoms with Crippen LogP contribution in [0.3, 0.4) is 0 Å². The van der Waals surface area contributed by atoms with Crippen LogP contribution in [0.25, 0.3) is 11.0 Å². The Morgan fingerprint density at radius 1 is 1.38 bits per heavy atom. The summed E-state index contributed by atoms with van der Waals surface area (Å²) in [6, 6.07) is 4.65. The van der Waals surface area contributed by atoms with Gasteiger partial charge in [0.1, 0.15) is 17.3 Å². The van der Waals surface area contributed by atoms with Gasteiger partial charge in [-0.15, -0.1) is 0 Å². The highest BCUT2D eigenvalue weighted by Crippen LogP contribution is 2.42.